The number of carbonyl (C=O) groups excluding carboxylic acids is 2. The van der Waals surface area contributed by atoms with Gasteiger partial charge in [-0.2, -0.15) is 0 Å². The molecule has 2 fully saturated rings. The van der Waals surface area contributed by atoms with Gasteiger partial charge in [0.05, 0.1) is 56.8 Å². The van der Waals surface area contributed by atoms with Crippen molar-refractivity contribution in [1.29, 1.82) is 5.41 Å². The normalized spacial score (nSPS) is 19.3. The van der Waals surface area contributed by atoms with Crippen LogP contribution in [0, 0.1) is 28.9 Å². The van der Waals surface area contributed by atoms with Gasteiger partial charge in [0.1, 0.15) is 29.3 Å². The first-order valence-corrected chi connectivity index (χ1v) is 19.5. The molecule has 0 aliphatic carbocycles. The lowest BCUT2D eigenvalue weighted by Gasteiger charge is -2.37. The Labute approximate surface area is 338 Å². The van der Waals surface area contributed by atoms with Crippen molar-refractivity contribution in [2.24, 2.45) is 32.5 Å². The maximum atomic E-state index is 14.9. The third kappa shape index (κ3) is 11.5. The van der Waals surface area contributed by atoms with Crippen molar-refractivity contribution in [3.05, 3.63) is 83.9 Å². The number of carbonyl (C=O) groups is 1. The number of hydrogen-bond acceptors (Lipinski definition) is 10. The number of nitrogens with zero attached hydrogens (tertiary/aromatic N) is 6. The van der Waals surface area contributed by atoms with Gasteiger partial charge in [-0.3, -0.25) is 15.3 Å². The lowest BCUT2D eigenvalue weighted by molar-refractivity contribution is 0.00416. The maximum Gasteiger partial charge on any atom is 0.327 e. The van der Waals surface area contributed by atoms with Gasteiger partial charge in [-0.15, -0.1) is 0 Å². The van der Waals surface area contributed by atoms with Gasteiger partial charge in [0.25, 0.3) is 0 Å². The summed E-state index contributed by atoms with van der Waals surface area (Å²) >= 11 is 0. The number of nitrogens with one attached hydrogen (secondary N) is 2. The third-order valence-electron chi connectivity index (χ3n) is 10.4. The molecular formula is C42H53F2N9O5. The number of rotatable bonds is 19. The molecule has 2 amide bonds. The molecule has 4 N–H and O–H groups in total. The van der Waals surface area contributed by atoms with Gasteiger partial charge in [-0.1, -0.05) is 19.9 Å². The topological polar surface area (TPSA) is 171 Å². The Kier molecular flexibility index (Phi) is 15.8. The Balaban J connectivity index is 1.10. The first-order chi connectivity index (χ1) is 28.1. The molecule has 4 unspecified atom stereocenters. The van der Waals surface area contributed by atoms with Crippen LogP contribution >= 0.6 is 0 Å². The Morgan fingerprint density at radius 3 is 2.34 bits per heavy atom. The first kappa shape index (κ1) is 43.4. The van der Waals surface area contributed by atoms with Gasteiger partial charge in [-0.25, -0.2) is 28.4 Å². The van der Waals surface area contributed by atoms with Crippen molar-refractivity contribution in [2.45, 2.75) is 51.4 Å². The fraction of sp³-hybridized carbons (Fsp3) is 0.452. The van der Waals surface area contributed by atoms with E-state index in [2.05, 4.69) is 30.1 Å². The Bertz CT molecular complexity index is 1900. The molecule has 2 aliphatic heterocycles. The van der Waals surface area contributed by atoms with E-state index in [0.29, 0.717) is 50.6 Å². The number of hydrogen-bond donors (Lipinski definition) is 3. The summed E-state index contributed by atoms with van der Waals surface area (Å²) in [4.78, 5) is 41.1. The Hall–Kier alpha value is -5.70. The first-order valence-electron chi connectivity index (χ1n) is 19.5. The van der Waals surface area contributed by atoms with Crippen LogP contribution in [0.4, 0.5) is 30.6 Å². The van der Waals surface area contributed by atoms with Crippen molar-refractivity contribution in [3.63, 3.8) is 0 Å². The summed E-state index contributed by atoms with van der Waals surface area (Å²) in [5, 5.41) is 11.0. The second kappa shape index (κ2) is 21.2. The lowest BCUT2D eigenvalue weighted by atomic mass is 9.87. The predicted octanol–water partition coefficient (Wildman–Crippen LogP) is 5.90. The average Bonchev–Trinajstić information content (AvgIpc) is 3.65. The van der Waals surface area contributed by atoms with Crippen molar-refractivity contribution in [2.75, 3.05) is 73.8 Å². The molecule has 2 saturated heterocycles. The van der Waals surface area contributed by atoms with Gasteiger partial charge in [0, 0.05) is 61.7 Å². The minimum Gasteiger partial charge on any atom is -0.493 e. The smallest absolute Gasteiger partial charge is 0.327 e. The minimum absolute atomic E-state index is 0.0518. The molecule has 14 nitrogen and oxygen atoms in total. The lowest BCUT2D eigenvalue weighted by Crippen LogP contribution is -2.51. The second-order valence-corrected chi connectivity index (χ2v) is 14.7. The van der Waals surface area contributed by atoms with E-state index in [4.69, 9.17) is 25.4 Å². The summed E-state index contributed by atoms with van der Waals surface area (Å²) in [5.41, 5.74) is 7.14. The zero-order valence-electron chi connectivity index (χ0n) is 33.2. The van der Waals surface area contributed by atoms with E-state index in [1.54, 1.807) is 0 Å². The second-order valence-electron chi connectivity index (χ2n) is 14.7. The summed E-state index contributed by atoms with van der Waals surface area (Å²) in [6.07, 6.45) is 5.63. The van der Waals surface area contributed by atoms with Crippen LogP contribution in [0.2, 0.25) is 0 Å². The number of halogens is 2. The summed E-state index contributed by atoms with van der Waals surface area (Å²) in [6.45, 7) is 10.6. The molecule has 0 bridgehead atoms. The van der Waals surface area contributed by atoms with E-state index in [-0.39, 0.29) is 36.1 Å². The monoisotopic (exact) mass is 801 g/mol. The quantitative estimate of drug-likeness (QED) is 0.0583. The largest absolute Gasteiger partial charge is 0.493 e. The summed E-state index contributed by atoms with van der Waals surface area (Å²) < 4.78 is 46.8. The van der Waals surface area contributed by atoms with Crippen LogP contribution in [0.5, 0.6) is 5.75 Å². The predicted molar refractivity (Wildman–Crippen MR) is 222 cm³/mol. The highest BCUT2D eigenvalue weighted by molar-refractivity contribution is 6.06. The van der Waals surface area contributed by atoms with E-state index in [9.17, 15) is 18.4 Å². The van der Waals surface area contributed by atoms with Crippen molar-refractivity contribution < 1.29 is 32.6 Å². The molecule has 16 heteroatoms. The van der Waals surface area contributed by atoms with Gasteiger partial charge in [0.15, 0.2) is 0 Å². The third-order valence-corrected chi connectivity index (χ3v) is 10.4. The summed E-state index contributed by atoms with van der Waals surface area (Å²) in [6, 6.07) is 18.3. The van der Waals surface area contributed by atoms with Gasteiger partial charge in [-0.05, 0) is 80.3 Å². The van der Waals surface area contributed by atoms with Gasteiger partial charge in [0.2, 0.25) is 6.08 Å². The summed E-state index contributed by atoms with van der Waals surface area (Å²) in [7, 11) is 0. The van der Waals surface area contributed by atoms with E-state index >= 15 is 0 Å². The molecule has 0 aromatic heterocycles. The molecule has 2 heterocycles. The number of piperazine rings is 1. The van der Waals surface area contributed by atoms with Crippen LogP contribution in [-0.2, 0) is 19.9 Å². The molecule has 3 aromatic carbocycles. The SMILES string of the molecule is CC(C)C(NC(=O)N(C=N)c1ccc(N2CCN(c3ccc(OCC4COC(CN=CN=CN)(c5ccc(F)cc5F)C4)cc3)CC2)cc1)C(C)OCCCN=C=O. The molecule has 4 atom stereocenters. The number of nitrogens with two attached hydrogens (primary N) is 1. The molecule has 310 valence electrons. The van der Waals surface area contributed by atoms with Gasteiger partial charge >= 0.3 is 6.03 Å². The van der Waals surface area contributed by atoms with Crippen molar-refractivity contribution in [1.82, 2.24) is 5.32 Å². The Morgan fingerprint density at radius 2 is 1.74 bits per heavy atom. The maximum absolute atomic E-state index is 14.9. The van der Waals surface area contributed by atoms with Crippen LogP contribution in [0.3, 0.4) is 0 Å². The van der Waals surface area contributed by atoms with E-state index < -0.39 is 23.3 Å². The standard InChI is InChI=1S/C42H53F2N9O5/c1-30(2)40(31(3)56-20-4-15-47-29-54)50-41(55)53(27-46)36-8-6-34(7-9-36)51-16-18-52(19-17-51)35-10-12-37(13-11-35)57-23-32-22-42(58-24-32,25-48-28-49-26-45)38-14-5-33(43)21-39(38)44/h5-14,21,26-28,30-32,40,46H,4,15-20,22-25H2,1-3H3,(H,50,55)(H2,45,48,49). The van der Waals surface area contributed by atoms with Crippen LogP contribution in [0.15, 0.2) is 81.7 Å². The van der Waals surface area contributed by atoms with E-state index in [0.717, 1.165) is 56.3 Å². The molecule has 3 aromatic rings. The number of aliphatic imine (C=N–C) groups is 3. The molecule has 0 spiro atoms. The fourth-order valence-corrected chi connectivity index (χ4v) is 7.35. The van der Waals surface area contributed by atoms with Crippen LogP contribution in [-0.4, -0.2) is 102 Å². The molecule has 0 saturated carbocycles. The molecule has 5 rings (SSSR count). The van der Waals surface area contributed by atoms with Crippen LogP contribution in [0.25, 0.3) is 0 Å². The van der Waals surface area contributed by atoms with E-state index in [1.165, 1.54) is 29.5 Å². The number of amides is 2. The summed E-state index contributed by atoms with van der Waals surface area (Å²) in [5.74, 6) is -0.623. The highest BCUT2D eigenvalue weighted by Crippen LogP contribution is 2.41. The minimum atomic E-state index is -1.08. The molecular weight excluding hydrogens is 749 g/mol. The number of benzene rings is 3. The highest BCUT2D eigenvalue weighted by atomic mass is 19.1. The molecule has 0 radical (unpaired) electrons. The van der Waals surface area contributed by atoms with Crippen LogP contribution < -0.4 is 30.5 Å². The van der Waals surface area contributed by atoms with Gasteiger partial charge < -0.3 is 35.1 Å². The zero-order valence-corrected chi connectivity index (χ0v) is 33.2. The molecule has 2 aliphatic rings. The number of urea groups is 1. The van der Waals surface area contributed by atoms with Crippen molar-refractivity contribution >= 4 is 48.2 Å². The van der Waals surface area contributed by atoms with Crippen molar-refractivity contribution in [3.8, 4) is 5.75 Å². The van der Waals surface area contributed by atoms with E-state index in [1.807, 2.05) is 69.3 Å². The number of isocyanates is 1. The fourth-order valence-electron chi connectivity index (χ4n) is 7.35. The Morgan fingerprint density at radius 1 is 1.07 bits per heavy atom. The molecule has 58 heavy (non-hydrogen) atoms. The highest BCUT2D eigenvalue weighted by Gasteiger charge is 2.44. The average molecular weight is 802 g/mol. The number of anilines is 3. The van der Waals surface area contributed by atoms with Crippen LogP contribution in [0.1, 0.15) is 39.2 Å². The zero-order chi connectivity index (χ0) is 41.5. The number of ether oxygens (including phenoxy) is 3.